The molecule has 0 aromatic carbocycles. The number of rotatable bonds is 3. The van der Waals surface area contributed by atoms with Gasteiger partial charge in [-0.1, -0.05) is 12.8 Å². The standard InChI is InChI=1S/C13H20N2O/c1-10(11-6-8-14-9-7-11)15-12-4-2-3-5-13(12)16/h6-10,12-13,15-16H,2-5H2,1H3/t10-,12?,13?/m1/s1. The number of hydrogen-bond acceptors (Lipinski definition) is 3. The molecule has 3 heteroatoms. The van der Waals surface area contributed by atoms with Crippen LogP contribution in [0.25, 0.3) is 0 Å². The van der Waals surface area contributed by atoms with Gasteiger partial charge in [-0.25, -0.2) is 0 Å². The van der Waals surface area contributed by atoms with Crippen LogP contribution in [-0.4, -0.2) is 22.2 Å². The zero-order valence-electron chi connectivity index (χ0n) is 9.76. The Bertz CT molecular complexity index is 315. The number of aromatic nitrogens is 1. The largest absolute Gasteiger partial charge is 0.392 e. The van der Waals surface area contributed by atoms with E-state index in [1.165, 1.54) is 12.0 Å². The lowest BCUT2D eigenvalue weighted by atomic mass is 9.91. The van der Waals surface area contributed by atoms with Gasteiger partial charge in [-0.15, -0.1) is 0 Å². The zero-order chi connectivity index (χ0) is 11.4. The highest BCUT2D eigenvalue weighted by Crippen LogP contribution is 2.21. The van der Waals surface area contributed by atoms with E-state index >= 15 is 0 Å². The summed E-state index contributed by atoms with van der Waals surface area (Å²) < 4.78 is 0. The molecule has 3 nitrogen and oxygen atoms in total. The molecule has 88 valence electrons. The molecule has 1 aliphatic rings. The van der Waals surface area contributed by atoms with Gasteiger partial charge in [0.25, 0.3) is 0 Å². The molecule has 0 radical (unpaired) electrons. The highest BCUT2D eigenvalue weighted by Gasteiger charge is 2.24. The fourth-order valence-corrected chi connectivity index (χ4v) is 2.38. The number of nitrogens with zero attached hydrogens (tertiary/aromatic N) is 1. The Labute approximate surface area is 96.9 Å². The third-order valence-corrected chi connectivity index (χ3v) is 3.40. The summed E-state index contributed by atoms with van der Waals surface area (Å²) in [7, 11) is 0. The van der Waals surface area contributed by atoms with Crippen molar-refractivity contribution in [1.82, 2.24) is 10.3 Å². The number of aliphatic hydroxyl groups is 1. The van der Waals surface area contributed by atoms with Gasteiger partial charge in [0.05, 0.1) is 6.10 Å². The van der Waals surface area contributed by atoms with E-state index in [2.05, 4.69) is 17.2 Å². The second-order valence-electron chi connectivity index (χ2n) is 4.63. The summed E-state index contributed by atoms with van der Waals surface area (Å²) in [5.41, 5.74) is 1.23. The van der Waals surface area contributed by atoms with Crippen LogP contribution in [0.5, 0.6) is 0 Å². The molecule has 1 aromatic rings. The van der Waals surface area contributed by atoms with Crippen molar-refractivity contribution < 1.29 is 5.11 Å². The molecule has 2 N–H and O–H groups in total. The molecule has 0 spiro atoms. The second-order valence-corrected chi connectivity index (χ2v) is 4.63. The molecular formula is C13H20N2O. The molecule has 2 rings (SSSR count). The highest BCUT2D eigenvalue weighted by molar-refractivity contribution is 5.14. The molecule has 0 amide bonds. The Hall–Kier alpha value is -0.930. The predicted octanol–water partition coefficient (Wildman–Crippen LogP) is 2.04. The van der Waals surface area contributed by atoms with E-state index in [0.29, 0.717) is 0 Å². The molecule has 1 aliphatic carbocycles. The number of pyridine rings is 1. The van der Waals surface area contributed by atoms with Crippen LogP contribution in [-0.2, 0) is 0 Å². The van der Waals surface area contributed by atoms with E-state index in [0.717, 1.165) is 19.3 Å². The van der Waals surface area contributed by atoms with Crippen molar-refractivity contribution in [2.45, 2.75) is 50.8 Å². The van der Waals surface area contributed by atoms with Gasteiger partial charge in [0.15, 0.2) is 0 Å². The summed E-state index contributed by atoms with van der Waals surface area (Å²) in [6.45, 7) is 2.14. The average molecular weight is 220 g/mol. The lowest BCUT2D eigenvalue weighted by molar-refractivity contribution is 0.0860. The van der Waals surface area contributed by atoms with Crippen LogP contribution < -0.4 is 5.32 Å². The van der Waals surface area contributed by atoms with Crippen LogP contribution in [0.1, 0.15) is 44.2 Å². The topological polar surface area (TPSA) is 45.1 Å². The SMILES string of the molecule is C[C@@H](NC1CCCCC1O)c1ccncc1. The van der Waals surface area contributed by atoms with Crippen molar-refractivity contribution >= 4 is 0 Å². The summed E-state index contributed by atoms with van der Waals surface area (Å²) >= 11 is 0. The van der Waals surface area contributed by atoms with E-state index in [1.807, 2.05) is 24.5 Å². The number of nitrogens with one attached hydrogen (secondary N) is 1. The Kier molecular flexibility index (Phi) is 3.91. The summed E-state index contributed by atoms with van der Waals surface area (Å²) in [6, 6.07) is 4.57. The van der Waals surface area contributed by atoms with Crippen molar-refractivity contribution in [3.05, 3.63) is 30.1 Å². The molecule has 0 bridgehead atoms. The van der Waals surface area contributed by atoms with Gasteiger partial charge in [-0.05, 0) is 37.5 Å². The Morgan fingerprint density at radius 1 is 1.31 bits per heavy atom. The van der Waals surface area contributed by atoms with Gasteiger partial charge in [-0.3, -0.25) is 4.98 Å². The molecule has 3 atom stereocenters. The summed E-state index contributed by atoms with van der Waals surface area (Å²) in [6.07, 6.45) is 7.83. The molecule has 1 saturated carbocycles. The van der Waals surface area contributed by atoms with Gasteiger partial charge in [0, 0.05) is 24.5 Å². The molecule has 1 heterocycles. The van der Waals surface area contributed by atoms with Gasteiger partial charge in [-0.2, -0.15) is 0 Å². The van der Waals surface area contributed by atoms with Gasteiger partial charge in [0.2, 0.25) is 0 Å². The summed E-state index contributed by atoms with van der Waals surface area (Å²) in [4.78, 5) is 4.01. The monoisotopic (exact) mass is 220 g/mol. The normalized spacial score (nSPS) is 27.6. The first-order chi connectivity index (χ1) is 7.77. The average Bonchev–Trinajstić information content (AvgIpc) is 2.33. The first kappa shape index (κ1) is 11.6. The maximum atomic E-state index is 9.89. The van der Waals surface area contributed by atoms with Crippen molar-refractivity contribution in [1.29, 1.82) is 0 Å². The van der Waals surface area contributed by atoms with Crippen molar-refractivity contribution in [2.24, 2.45) is 0 Å². The van der Waals surface area contributed by atoms with Gasteiger partial charge >= 0.3 is 0 Å². The first-order valence-electron chi connectivity index (χ1n) is 6.11. The maximum absolute atomic E-state index is 9.89. The van der Waals surface area contributed by atoms with E-state index < -0.39 is 0 Å². The van der Waals surface area contributed by atoms with Crippen LogP contribution in [0.3, 0.4) is 0 Å². The Morgan fingerprint density at radius 3 is 2.69 bits per heavy atom. The third kappa shape index (κ3) is 2.80. The van der Waals surface area contributed by atoms with Crippen molar-refractivity contribution in [3.63, 3.8) is 0 Å². The van der Waals surface area contributed by atoms with E-state index in [-0.39, 0.29) is 18.2 Å². The fraction of sp³-hybridized carbons (Fsp3) is 0.615. The van der Waals surface area contributed by atoms with Gasteiger partial charge in [0.1, 0.15) is 0 Å². The van der Waals surface area contributed by atoms with Crippen LogP contribution in [0.2, 0.25) is 0 Å². The quantitative estimate of drug-likeness (QED) is 0.819. The molecule has 0 aliphatic heterocycles. The van der Waals surface area contributed by atoms with Crippen LogP contribution in [0, 0.1) is 0 Å². The van der Waals surface area contributed by atoms with Crippen LogP contribution >= 0.6 is 0 Å². The number of hydrogen-bond donors (Lipinski definition) is 2. The third-order valence-electron chi connectivity index (χ3n) is 3.40. The lowest BCUT2D eigenvalue weighted by Crippen LogP contribution is -2.43. The van der Waals surface area contributed by atoms with Gasteiger partial charge < -0.3 is 10.4 Å². The molecule has 16 heavy (non-hydrogen) atoms. The lowest BCUT2D eigenvalue weighted by Gasteiger charge is -2.31. The summed E-state index contributed by atoms with van der Waals surface area (Å²) in [5.74, 6) is 0. The van der Waals surface area contributed by atoms with Crippen molar-refractivity contribution in [2.75, 3.05) is 0 Å². The maximum Gasteiger partial charge on any atom is 0.0693 e. The number of aliphatic hydroxyl groups excluding tert-OH is 1. The molecule has 1 fully saturated rings. The molecule has 2 unspecified atom stereocenters. The highest BCUT2D eigenvalue weighted by atomic mass is 16.3. The molecular weight excluding hydrogens is 200 g/mol. The first-order valence-corrected chi connectivity index (χ1v) is 6.11. The Balaban J connectivity index is 1.94. The minimum absolute atomic E-state index is 0.182. The van der Waals surface area contributed by atoms with Crippen molar-refractivity contribution in [3.8, 4) is 0 Å². The predicted molar refractivity (Wildman–Crippen MR) is 64.1 cm³/mol. The summed E-state index contributed by atoms with van der Waals surface area (Å²) in [5, 5.41) is 13.4. The smallest absolute Gasteiger partial charge is 0.0693 e. The van der Waals surface area contributed by atoms with Crippen LogP contribution in [0.15, 0.2) is 24.5 Å². The van der Waals surface area contributed by atoms with E-state index in [1.54, 1.807) is 0 Å². The second kappa shape index (κ2) is 5.41. The van der Waals surface area contributed by atoms with Crippen LogP contribution in [0.4, 0.5) is 0 Å². The Morgan fingerprint density at radius 2 is 2.00 bits per heavy atom. The molecule has 0 saturated heterocycles. The van der Waals surface area contributed by atoms with E-state index in [4.69, 9.17) is 0 Å². The molecule has 1 aromatic heterocycles. The zero-order valence-corrected chi connectivity index (χ0v) is 9.76. The minimum Gasteiger partial charge on any atom is -0.392 e. The fourth-order valence-electron chi connectivity index (χ4n) is 2.38. The minimum atomic E-state index is -0.182. The van der Waals surface area contributed by atoms with E-state index in [9.17, 15) is 5.11 Å².